The Bertz CT molecular complexity index is 375. The summed E-state index contributed by atoms with van der Waals surface area (Å²) in [7, 11) is 0. The zero-order valence-electron chi connectivity index (χ0n) is 12.1. The molecule has 0 amide bonds. The van der Waals surface area contributed by atoms with E-state index in [9.17, 15) is 13.2 Å². The highest BCUT2D eigenvalue weighted by Gasteiger charge is 2.34. The van der Waals surface area contributed by atoms with Gasteiger partial charge in [-0.3, -0.25) is 4.90 Å². The van der Waals surface area contributed by atoms with Crippen molar-refractivity contribution < 1.29 is 13.2 Å². The molecule has 0 aromatic heterocycles. The van der Waals surface area contributed by atoms with E-state index in [-0.39, 0.29) is 0 Å². The molecule has 1 saturated heterocycles. The van der Waals surface area contributed by atoms with Gasteiger partial charge in [0, 0.05) is 32.7 Å². The zero-order chi connectivity index (χ0) is 15.0. The normalized spacial score (nSPS) is 20.4. The number of nitrogens with zero attached hydrogens (tertiary/aromatic N) is 1. The lowest BCUT2D eigenvalue weighted by Crippen LogP contribution is -2.44. The fraction of sp³-hybridized carbons (Fsp3) is 0.600. The Hall–Kier alpha value is -1.07. The highest BCUT2D eigenvalue weighted by atomic mass is 19.4. The van der Waals surface area contributed by atoms with Crippen LogP contribution in [0.1, 0.15) is 20.3 Å². The third-order valence-corrected chi connectivity index (χ3v) is 3.18. The van der Waals surface area contributed by atoms with Crippen molar-refractivity contribution in [1.29, 1.82) is 0 Å². The molecule has 2 nitrogen and oxygen atoms in total. The van der Waals surface area contributed by atoms with E-state index in [0.29, 0.717) is 18.5 Å². The average Bonchev–Trinajstić information content (AvgIpc) is 2.67. The molecule has 20 heavy (non-hydrogen) atoms. The van der Waals surface area contributed by atoms with Crippen molar-refractivity contribution in [3.63, 3.8) is 0 Å². The van der Waals surface area contributed by atoms with Crippen LogP contribution >= 0.6 is 0 Å². The van der Waals surface area contributed by atoms with Crippen LogP contribution in [0.15, 0.2) is 35.5 Å². The van der Waals surface area contributed by atoms with Crippen molar-refractivity contribution in [2.24, 2.45) is 0 Å². The molecule has 0 aromatic rings. The molecule has 0 saturated carbocycles. The first-order valence-electron chi connectivity index (χ1n) is 7.13. The molecule has 5 heteroatoms. The molecule has 0 atom stereocenters. The van der Waals surface area contributed by atoms with Gasteiger partial charge in [0.2, 0.25) is 0 Å². The van der Waals surface area contributed by atoms with Gasteiger partial charge in [-0.25, -0.2) is 0 Å². The van der Waals surface area contributed by atoms with Crippen LogP contribution < -0.4 is 5.32 Å². The molecule has 1 aliphatic carbocycles. The molecule has 0 bridgehead atoms. The number of hydrogen-bond acceptors (Lipinski definition) is 2. The molecule has 0 spiro atoms. The van der Waals surface area contributed by atoms with Gasteiger partial charge in [-0.05, 0) is 12.0 Å². The van der Waals surface area contributed by atoms with Crippen molar-refractivity contribution in [3.05, 3.63) is 35.5 Å². The number of allylic oxidation sites excluding steroid dienone is 5. The van der Waals surface area contributed by atoms with E-state index in [1.165, 1.54) is 12.2 Å². The lowest BCUT2D eigenvalue weighted by atomic mass is 10.0. The number of halogens is 3. The molecule has 0 radical (unpaired) electrons. The van der Waals surface area contributed by atoms with E-state index < -0.39 is 11.7 Å². The number of rotatable bonds is 2. The Kier molecular flexibility index (Phi) is 7.02. The minimum atomic E-state index is -4.26. The second kappa shape index (κ2) is 8.27. The predicted octanol–water partition coefficient (Wildman–Crippen LogP) is 3.29. The maximum Gasteiger partial charge on any atom is 0.416 e. The molecular formula is C15H23F3N2. The summed E-state index contributed by atoms with van der Waals surface area (Å²) in [6.45, 7) is 7.72. The topological polar surface area (TPSA) is 15.3 Å². The summed E-state index contributed by atoms with van der Waals surface area (Å²) in [5.74, 6) is 0. The smallest absolute Gasteiger partial charge is 0.314 e. The van der Waals surface area contributed by atoms with Gasteiger partial charge in [0.15, 0.2) is 0 Å². The summed E-state index contributed by atoms with van der Waals surface area (Å²) >= 11 is 0. The number of alkyl halides is 3. The molecule has 114 valence electrons. The van der Waals surface area contributed by atoms with Crippen molar-refractivity contribution in [3.8, 4) is 0 Å². The Morgan fingerprint density at radius 3 is 2.40 bits per heavy atom. The van der Waals surface area contributed by atoms with Crippen molar-refractivity contribution in [2.75, 3.05) is 32.7 Å². The van der Waals surface area contributed by atoms with Crippen LogP contribution in [0.2, 0.25) is 0 Å². The van der Waals surface area contributed by atoms with E-state index in [0.717, 1.165) is 26.2 Å². The molecule has 1 aliphatic heterocycles. The van der Waals surface area contributed by atoms with E-state index >= 15 is 0 Å². The van der Waals surface area contributed by atoms with Crippen LogP contribution in [-0.2, 0) is 0 Å². The van der Waals surface area contributed by atoms with Crippen LogP contribution in [0, 0.1) is 0 Å². The first-order chi connectivity index (χ1) is 9.57. The van der Waals surface area contributed by atoms with Crippen LogP contribution in [0.4, 0.5) is 13.2 Å². The molecule has 1 fully saturated rings. The summed E-state index contributed by atoms with van der Waals surface area (Å²) in [5.41, 5.74) is -0.0135. The maximum atomic E-state index is 13.0. The fourth-order valence-electron chi connectivity index (χ4n) is 2.25. The van der Waals surface area contributed by atoms with Gasteiger partial charge in [-0.1, -0.05) is 38.2 Å². The molecular weight excluding hydrogens is 265 g/mol. The number of nitrogens with one attached hydrogen (secondary N) is 1. The first kappa shape index (κ1) is 17.0. The minimum absolute atomic E-state index is 0.381. The third kappa shape index (κ3) is 5.13. The van der Waals surface area contributed by atoms with Gasteiger partial charge in [0.25, 0.3) is 0 Å². The van der Waals surface area contributed by atoms with Crippen LogP contribution in [0.5, 0.6) is 0 Å². The van der Waals surface area contributed by atoms with Crippen molar-refractivity contribution >= 4 is 0 Å². The van der Waals surface area contributed by atoms with Gasteiger partial charge in [0.1, 0.15) is 0 Å². The highest BCUT2D eigenvalue weighted by molar-refractivity contribution is 5.36. The van der Waals surface area contributed by atoms with E-state index in [1.807, 2.05) is 13.8 Å². The van der Waals surface area contributed by atoms with Crippen LogP contribution in [0.25, 0.3) is 0 Å². The lowest BCUT2D eigenvalue weighted by molar-refractivity contribution is -0.0893. The molecule has 1 N–H and O–H groups in total. The lowest BCUT2D eigenvalue weighted by Gasteiger charge is -2.29. The predicted molar refractivity (Wildman–Crippen MR) is 76.6 cm³/mol. The summed E-state index contributed by atoms with van der Waals surface area (Å²) < 4.78 is 38.9. The van der Waals surface area contributed by atoms with Crippen LogP contribution in [-0.4, -0.2) is 43.8 Å². The SMILES string of the molecule is CC.FC(F)(F)C1=C(CN2CCNCC2)CC=CC=C1. The van der Waals surface area contributed by atoms with Crippen molar-refractivity contribution in [2.45, 2.75) is 26.4 Å². The second-order valence-electron chi connectivity index (χ2n) is 4.53. The van der Waals surface area contributed by atoms with Gasteiger partial charge < -0.3 is 5.32 Å². The Balaban J connectivity index is 0.000000956. The highest BCUT2D eigenvalue weighted by Crippen LogP contribution is 2.32. The van der Waals surface area contributed by atoms with Gasteiger partial charge in [0.05, 0.1) is 5.57 Å². The monoisotopic (exact) mass is 288 g/mol. The van der Waals surface area contributed by atoms with Gasteiger partial charge >= 0.3 is 6.18 Å². The van der Waals surface area contributed by atoms with E-state index in [2.05, 4.69) is 10.2 Å². The van der Waals surface area contributed by atoms with E-state index in [1.54, 1.807) is 12.2 Å². The van der Waals surface area contributed by atoms with E-state index in [4.69, 9.17) is 0 Å². The molecule has 2 aliphatic rings. The quantitative estimate of drug-likeness (QED) is 0.839. The van der Waals surface area contributed by atoms with Gasteiger partial charge in [-0.2, -0.15) is 13.2 Å². The maximum absolute atomic E-state index is 13.0. The summed E-state index contributed by atoms with van der Waals surface area (Å²) in [6, 6.07) is 0. The summed E-state index contributed by atoms with van der Waals surface area (Å²) in [4.78, 5) is 2.07. The Morgan fingerprint density at radius 1 is 1.15 bits per heavy atom. The average molecular weight is 288 g/mol. The van der Waals surface area contributed by atoms with Crippen molar-refractivity contribution in [1.82, 2.24) is 10.2 Å². The third-order valence-electron chi connectivity index (χ3n) is 3.18. The first-order valence-corrected chi connectivity index (χ1v) is 7.13. The fourth-order valence-corrected chi connectivity index (χ4v) is 2.25. The largest absolute Gasteiger partial charge is 0.416 e. The Labute approximate surface area is 119 Å². The Morgan fingerprint density at radius 2 is 1.80 bits per heavy atom. The van der Waals surface area contributed by atoms with Crippen LogP contribution in [0.3, 0.4) is 0 Å². The summed E-state index contributed by atoms with van der Waals surface area (Å²) in [6.07, 6.45) is 2.23. The number of piperazine rings is 1. The molecule has 0 unspecified atom stereocenters. The molecule has 1 heterocycles. The standard InChI is InChI=1S/C13H17F3N2.C2H6/c14-13(15,16)12-5-3-1-2-4-11(12)10-18-8-6-17-7-9-18;1-2/h1-3,5,17H,4,6-10H2;1-2H3. The molecule has 0 aromatic carbocycles. The second-order valence-corrected chi connectivity index (χ2v) is 4.53. The van der Waals surface area contributed by atoms with Gasteiger partial charge in [-0.15, -0.1) is 0 Å². The number of hydrogen-bond donors (Lipinski definition) is 1. The zero-order valence-corrected chi connectivity index (χ0v) is 12.1. The minimum Gasteiger partial charge on any atom is -0.314 e. The summed E-state index contributed by atoms with van der Waals surface area (Å²) in [5, 5.41) is 3.20. The molecule has 2 rings (SSSR count).